The Morgan fingerprint density at radius 1 is 1.67 bits per heavy atom. The lowest BCUT2D eigenvalue weighted by atomic mass is 10.2. The molecule has 6 nitrogen and oxygen atoms in total. The van der Waals surface area contributed by atoms with Crippen molar-refractivity contribution in [3.8, 4) is 0 Å². The molecule has 0 spiro atoms. The maximum atomic E-state index is 11.1. The van der Waals surface area contributed by atoms with E-state index in [9.17, 15) is 9.59 Å². The van der Waals surface area contributed by atoms with E-state index >= 15 is 0 Å². The van der Waals surface area contributed by atoms with Crippen LogP contribution in [-0.4, -0.2) is 38.6 Å². The molecule has 0 aliphatic heterocycles. The van der Waals surface area contributed by atoms with Crippen molar-refractivity contribution in [1.29, 1.82) is 0 Å². The summed E-state index contributed by atoms with van der Waals surface area (Å²) in [6.07, 6.45) is 1.52. The Morgan fingerprint density at radius 2 is 2.33 bits per heavy atom. The first-order valence-electron chi connectivity index (χ1n) is 4.21. The summed E-state index contributed by atoms with van der Waals surface area (Å²) in [6, 6.07) is -0.996. The van der Waals surface area contributed by atoms with Gasteiger partial charge in [0, 0.05) is 18.3 Å². The number of nitrogens with one attached hydrogen (secondary N) is 1. The summed E-state index contributed by atoms with van der Waals surface area (Å²) < 4.78 is 0. The Balaban J connectivity index is 2.68. The van der Waals surface area contributed by atoms with E-state index in [-0.39, 0.29) is 23.8 Å². The summed E-state index contributed by atoms with van der Waals surface area (Å²) in [6.45, 7) is 0. The highest BCUT2D eigenvalue weighted by atomic mass is 32.1. The minimum Gasteiger partial charge on any atom is -0.480 e. The highest BCUT2D eigenvalue weighted by Crippen LogP contribution is 2.02. The average Bonchev–Trinajstić information content (AvgIpc) is 2.65. The van der Waals surface area contributed by atoms with Crippen LogP contribution in [0.15, 0.2) is 6.20 Å². The number of aromatic amines is 1. The molecule has 0 bridgehead atoms. The van der Waals surface area contributed by atoms with Crippen LogP contribution in [0.25, 0.3) is 0 Å². The van der Waals surface area contributed by atoms with Crippen LogP contribution in [-0.2, 0) is 11.2 Å². The maximum absolute atomic E-state index is 11.1. The fourth-order valence-electron chi connectivity index (χ4n) is 1.00. The van der Waals surface area contributed by atoms with E-state index in [1.165, 1.54) is 6.20 Å². The number of H-pyrrole nitrogens is 1. The zero-order valence-electron chi connectivity index (χ0n) is 7.80. The zero-order chi connectivity index (χ0) is 11.4. The summed E-state index contributed by atoms with van der Waals surface area (Å²) in [5.41, 5.74) is 5.84. The van der Waals surface area contributed by atoms with Gasteiger partial charge in [0.2, 0.25) is 5.78 Å². The third-order valence-electron chi connectivity index (χ3n) is 1.79. The molecule has 15 heavy (non-hydrogen) atoms. The molecule has 4 N–H and O–H groups in total. The number of ketones is 1. The minimum absolute atomic E-state index is 0.0535. The number of Topliss-reactive ketones (excluding diaryl/α,β-unsaturated/α-hetero) is 1. The molecule has 82 valence electrons. The molecule has 0 unspecified atom stereocenters. The number of thiol groups is 1. The van der Waals surface area contributed by atoms with Crippen LogP contribution < -0.4 is 5.73 Å². The number of rotatable bonds is 5. The minimum atomic E-state index is -1.09. The summed E-state index contributed by atoms with van der Waals surface area (Å²) in [5, 5.41) is 8.57. The molecule has 0 aliphatic rings. The van der Waals surface area contributed by atoms with Gasteiger partial charge in [0.05, 0.1) is 5.75 Å². The first kappa shape index (κ1) is 11.7. The maximum Gasteiger partial charge on any atom is 0.320 e. The van der Waals surface area contributed by atoms with Crippen LogP contribution in [0.1, 0.15) is 16.3 Å². The van der Waals surface area contributed by atoms with E-state index in [2.05, 4.69) is 22.6 Å². The molecule has 7 heteroatoms. The van der Waals surface area contributed by atoms with Gasteiger partial charge in [-0.1, -0.05) is 0 Å². The van der Waals surface area contributed by atoms with Crippen molar-refractivity contribution in [3.63, 3.8) is 0 Å². The topological polar surface area (TPSA) is 109 Å². The largest absolute Gasteiger partial charge is 0.480 e. The van der Waals surface area contributed by atoms with Gasteiger partial charge in [-0.25, -0.2) is 4.98 Å². The predicted octanol–water partition coefficient (Wildman–Crippen LogP) is -0.523. The van der Waals surface area contributed by atoms with Crippen LogP contribution >= 0.6 is 12.6 Å². The number of aromatic nitrogens is 2. The van der Waals surface area contributed by atoms with Crippen molar-refractivity contribution in [3.05, 3.63) is 17.7 Å². The number of nitrogens with zero attached hydrogens (tertiary/aromatic N) is 1. The average molecular weight is 229 g/mol. The lowest BCUT2D eigenvalue weighted by molar-refractivity contribution is -0.138. The Labute approximate surface area is 91.3 Å². The lowest BCUT2D eigenvalue weighted by Gasteiger charge is -2.02. The fraction of sp³-hybridized carbons (Fsp3) is 0.375. The monoisotopic (exact) mass is 229 g/mol. The van der Waals surface area contributed by atoms with Gasteiger partial charge in [0.25, 0.3) is 0 Å². The van der Waals surface area contributed by atoms with Gasteiger partial charge >= 0.3 is 5.97 Å². The van der Waals surface area contributed by atoms with E-state index < -0.39 is 12.0 Å². The Kier molecular flexibility index (Phi) is 3.87. The molecular formula is C8H11N3O3S. The number of nitrogens with two attached hydrogens (primary N) is 1. The van der Waals surface area contributed by atoms with Gasteiger partial charge in [-0.2, -0.15) is 12.6 Å². The molecule has 1 aromatic heterocycles. The van der Waals surface area contributed by atoms with Crippen molar-refractivity contribution in [2.24, 2.45) is 5.73 Å². The molecule has 0 amide bonds. The van der Waals surface area contributed by atoms with Crippen LogP contribution in [0.2, 0.25) is 0 Å². The third-order valence-corrected chi connectivity index (χ3v) is 2.08. The van der Waals surface area contributed by atoms with Gasteiger partial charge in [-0.3, -0.25) is 9.59 Å². The number of imidazole rings is 1. The molecule has 0 saturated heterocycles. The SMILES string of the molecule is N[C@@H](Cc1cnc(C(=O)CS)[nH]1)C(=O)O. The normalized spacial score (nSPS) is 12.4. The van der Waals surface area contributed by atoms with Crippen molar-refractivity contribution < 1.29 is 14.7 Å². The van der Waals surface area contributed by atoms with Crippen molar-refractivity contribution in [1.82, 2.24) is 9.97 Å². The lowest BCUT2D eigenvalue weighted by Crippen LogP contribution is -2.32. The Bertz CT molecular complexity index is 377. The third kappa shape index (κ3) is 3.07. The molecule has 0 saturated carbocycles. The first-order chi connectivity index (χ1) is 7.04. The van der Waals surface area contributed by atoms with Gasteiger partial charge in [-0.05, 0) is 0 Å². The Hall–Kier alpha value is -1.34. The highest BCUT2D eigenvalue weighted by molar-refractivity contribution is 7.81. The van der Waals surface area contributed by atoms with Gasteiger partial charge < -0.3 is 15.8 Å². The molecule has 1 atom stereocenters. The van der Waals surface area contributed by atoms with Crippen LogP contribution in [0.3, 0.4) is 0 Å². The number of carbonyl (C=O) groups excluding carboxylic acids is 1. The molecule has 1 aromatic rings. The van der Waals surface area contributed by atoms with E-state index in [0.717, 1.165) is 0 Å². The zero-order valence-corrected chi connectivity index (χ0v) is 8.70. The standard InChI is InChI=1S/C8H11N3O3S/c9-5(8(13)14)1-4-2-10-7(11-4)6(12)3-15/h2,5,15H,1,3,9H2,(H,10,11)(H,13,14)/t5-/m0/s1. The summed E-state index contributed by atoms with van der Waals surface area (Å²) >= 11 is 3.81. The Morgan fingerprint density at radius 3 is 2.87 bits per heavy atom. The number of hydrogen-bond acceptors (Lipinski definition) is 5. The van der Waals surface area contributed by atoms with E-state index in [4.69, 9.17) is 10.8 Å². The summed E-state index contributed by atoms with van der Waals surface area (Å²) in [4.78, 5) is 28.1. The van der Waals surface area contributed by atoms with Crippen molar-refractivity contribution >= 4 is 24.4 Å². The molecule has 1 rings (SSSR count). The van der Waals surface area contributed by atoms with Gasteiger partial charge in [0.15, 0.2) is 5.82 Å². The highest BCUT2D eigenvalue weighted by Gasteiger charge is 2.15. The van der Waals surface area contributed by atoms with Crippen LogP contribution in [0.5, 0.6) is 0 Å². The molecule has 0 fully saturated rings. The quantitative estimate of drug-likeness (QED) is 0.401. The van der Waals surface area contributed by atoms with Crippen molar-refractivity contribution in [2.45, 2.75) is 12.5 Å². The molecule has 0 aliphatic carbocycles. The fourth-order valence-corrected chi connectivity index (χ4v) is 1.15. The summed E-state index contributed by atoms with van der Waals surface area (Å²) in [7, 11) is 0. The van der Waals surface area contributed by atoms with E-state index in [1.807, 2.05) is 0 Å². The summed E-state index contributed by atoms with van der Waals surface area (Å²) in [5.74, 6) is -1.10. The second-order valence-corrected chi connectivity index (χ2v) is 3.30. The predicted molar refractivity (Wildman–Crippen MR) is 56.1 cm³/mol. The van der Waals surface area contributed by atoms with E-state index in [0.29, 0.717) is 5.69 Å². The second kappa shape index (κ2) is 4.94. The number of carboxylic acids is 1. The van der Waals surface area contributed by atoms with Gasteiger partial charge in [-0.15, -0.1) is 0 Å². The molecule has 1 heterocycles. The molecule has 0 aromatic carbocycles. The second-order valence-electron chi connectivity index (χ2n) is 2.99. The van der Waals surface area contributed by atoms with E-state index in [1.54, 1.807) is 0 Å². The van der Waals surface area contributed by atoms with Crippen molar-refractivity contribution in [2.75, 3.05) is 5.75 Å². The number of hydrogen-bond donors (Lipinski definition) is 4. The number of carboxylic acid groups (broad SMARTS) is 1. The van der Waals surface area contributed by atoms with Crippen LogP contribution in [0, 0.1) is 0 Å². The van der Waals surface area contributed by atoms with Crippen LogP contribution in [0.4, 0.5) is 0 Å². The first-order valence-corrected chi connectivity index (χ1v) is 4.84. The molecular weight excluding hydrogens is 218 g/mol. The smallest absolute Gasteiger partial charge is 0.320 e. The van der Waals surface area contributed by atoms with Gasteiger partial charge in [0.1, 0.15) is 6.04 Å². The number of carbonyl (C=O) groups is 2. The number of aliphatic carboxylic acids is 1. The molecule has 0 radical (unpaired) electrons.